The molecule has 5 nitrogen and oxygen atoms in total. The van der Waals surface area contributed by atoms with Crippen molar-refractivity contribution in [2.75, 3.05) is 0 Å². The largest absolute Gasteiger partial charge is 0.510 e. The minimum absolute atomic E-state index is 0. The molecule has 0 amide bonds. The molecule has 3 heterocycles. The Balaban J connectivity index is 0.00000810. The SMILES string of the molecule is CC(C)(C)CC(C)(CC(C)(C)C)c1cccc(-c2cccc(-c3cccc(C(C)(CC(C)(C)C)CC(C)(C)C)c3)c2-[n+]2[c-]n(-c3[c-]c(Oc4[c-]c5c(cc4)c4ccccc4n5-c4cc(C(C)(C)C)ccn4)ccc3)c3ccccc32)c1.[Pt]. The fourth-order valence-electron chi connectivity index (χ4n) is 13.9. The normalized spacial score (nSPS) is 13.0. The van der Waals surface area contributed by atoms with Crippen molar-refractivity contribution in [3.63, 3.8) is 0 Å². The van der Waals surface area contributed by atoms with E-state index in [-0.39, 0.29) is 59.0 Å². The van der Waals surface area contributed by atoms with Gasteiger partial charge < -0.3 is 13.9 Å². The van der Waals surface area contributed by atoms with Gasteiger partial charge in [0.15, 0.2) is 0 Å². The second-order valence-electron chi connectivity index (χ2n) is 29.8. The van der Waals surface area contributed by atoms with Crippen molar-refractivity contribution in [1.29, 1.82) is 0 Å². The molecule has 0 saturated heterocycles. The molecule has 82 heavy (non-hydrogen) atoms. The Bertz CT molecular complexity index is 3790. The fraction of sp³-hybridized carbons (Fsp3) is 0.368. The second kappa shape index (κ2) is 22.2. The predicted molar refractivity (Wildman–Crippen MR) is 341 cm³/mol. The van der Waals surface area contributed by atoms with E-state index in [0.717, 1.165) is 86.8 Å². The summed E-state index contributed by atoms with van der Waals surface area (Å²) in [5.74, 6) is 2.02. The van der Waals surface area contributed by atoms with Gasteiger partial charge in [0, 0.05) is 44.3 Å². The minimum atomic E-state index is -0.0570. The fourth-order valence-corrected chi connectivity index (χ4v) is 13.9. The van der Waals surface area contributed by atoms with Gasteiger partial charge in [0.1, 0.15) is 5.82 Å². The van der Waals surface area contributed by atoms with Crippen LogP contribution in [0.15, 0.2) is 164 Å². The first-order chi connectivity index (χ1) is 37.9. The van der Waals surface area contributed by atoms with Crippen LogP contribution in [0.25, 0.3) is 72.3 Å². The molecule has 7 aromatic carbocycles. The van der Waals surface area contributed by atoms with E-state index in [9.17, 15) is 0 Å². The van der Waals surface area contributed by atoms with Crippen molar-refractivity contribution < 1.29 is 30.4 Å². The maximum absolute atomic E-state index is 6.79. The summed E-state index contributed by atoms with van der Waals surface area (Å²) >= 11 is 0. The van der Waals surface area contributed by atoms with Crippen LogP contribution in [0.5, 0.6) is 11.5 Å². The average Bonchev–Trinajstić information content (AvgIpc) is 2.10. The van der Waals surface area contributed by atoms with Gasteiger partial charge in [0.05, 0.1) is 16.7 Å². The summed E-state index contributed by atoms with van der Waals surface area (Å²) in [7, 11) is 0. The van der Waals surface area contributed by atoms with Crippen LogP contribution in [0.1, 0.15) is 160 Å². The van der Waals surface area contributed by atoms with Crippen molar-refractivity contribution >= 4 is 32.8 Å². The van der Waals surface area contributed by atoms with Gasteiger partial charge in [-0.1, -0.05) is 232 Å². The third-order valence-corrected chi connectivity index (χ3v) is 15.9. The van der Waals surface area contributed by atoms with Crippen LogP contribution in [0.4, 0.5) is 0 Å². The zero-order chi connectivity index (χ0) is 58.1. The molecule has 0 atom stereocenters. The van der Waals surface area contributed by atoms with Crippen molar-refractivity contribution in [3.05, 3.63) is 199 Å². The quantitative estimate of drug-likeness (QED) is 0.0852. The van der Waals surface area contributed by atoms with E-state index in [1.165, 1.54) is 27.8 Å². The van der Waals surface area contributed by atoms with E-state index >= 15 is 0 Å². The topological polar surface area (TPSA) is 35.9 Å². The summed E-state index contributed by atoms with van der Waals surface area (Å²) in [5, 5.41) is 2.22. The van der Waals surface area contributed by atoms with Crippen LogP contribution in [-0.4, -0.2) is 14.1 Å². The first kappa shape index (κ1) is 60.1. The van der Waals surface area contributed by atoms with E-state index < -0.39 is 0 Å². The van der Waals surface area contributed by atoms with E-state index in [1.807, 2.05) is 24.4 Å². The molecule has 0 spiro atoms. The number of pyridine rings is 1. The van der Waals surface area contributed by atoms with Gasteiger partial charge in [-0.25, -0.2) is 4.98 Å². The van der Waals surface area contributed by atoms with Gasteiger partial charge in [-0.15, -0.1) is 29.7 Å². The van der Waals surface area contributed by atoms with Gasteiger partial charge >= 0.3 is 0 Å². The summed E-state index contributed by atoms with van der Waals surface area (Å²) in [6.45, 7) is 40.3. The van der Waals surface area contributed by atoms with Crippen LogP contribution < -0.4 is 9.30 Å². The number of hydrogen-bond acceptors (Lipinski definition) is 2. The van der Waals surface area contributed by atoms with E-state index in [0.29, 0.717) is 11.5 Å². The maximum Gasteiger partial charge on any atom is 0.268 e. The smallest absolute Gasteiger partial charge is 0.268 e. The molecular formula is C76H86N4OPt-2. The molecule has 10 rings (SSSR count). The average molecular weight is 1270 g/mol. The summed E-state index contributed by atoms with van der Waals surface area (Å²) in [6.07, 6.45) is 10.1. The number of fused-ring (bicyclic) bond motifs is 4. The number of rotatable bonds is 13. The zero-order valence-corrected chi connectivity index (χ0v) is 54.2. The number of imidazole rings is 1. The molecule has 0 radical (unpaired) electrons. The van der Waals surface area contributed by atoms with E-state index in [2.05, 4.69) is 289 Å². The molecular weight excluding hydrogens is 1180 g/mol. The second-order valence-corrected chi connectivity index (χ2v) is 29.8. The number of para-hydroxylation sites is 4. The minimum Gasteiger partial charge on any atom is -0.510 e. The predicted octanol–water partition coefficient (Wildman–Crippen LogP) is 20.5. The molecule has 6 heteroatoms. The van der Waals surface area contributed by atoms with Crippen molar-refractivity contribution in [2.45, 2.75) is 160 Å². The monoisotopic (exact) mass is 1270 g/mol. The first-order valence-corrected chi connectivity index (χ1v) is 29.4. The van der Waals surface area contributed by atoms with Gasteiger partial charge in [0.25, 0.3) is 6.33 Å². The maximum atomic E-state index is 6.79. The van der Waals surface area contributed by atoms with Crippen LogP contribution in [0.3, 0.4) is 0 Å². The Morgan fingerprint density at radius 2 is 0.976 bits per heavy atom. The Labute approximate surface area is 505 Å². The van der Waals surface area contributed by atoms with Crippen LogP contribution in [0, 0.1) is 40.1 Å². The van der Waals surface area contributed by atoms with Crippen LogP contribution >= 0.6 is 0 Å². The molecule has 0 fully saturated rings. The standard InChI is InChI=1S/C76H86N4O.Pt/c1-70(2,3)47-75(16,48-71(4,5)6)55-28-22-26-52(42-55)60-33-25-34-61(53-27-23-29-56(43-53)76(17,49-72(7,8)9)50-73(10,11)12)69(60)79-51-78(65-36-20-21-37-66(65)79)57-30-24-31-58(45-57)81-59-38-39-63-62-32-18-19-35-64(62)80(67(63)46-59)68-44-54(40-41-77-68)74(13,14)15;/h18-44H,47-50H2,1-17H3;/q-2;. The Kier molecular flexibility index (Phi) is 16.3. The third kappa shape index (κ3) is 13.0. The number of ether oxygens (including phenoxy) is 1. The van der Waals surface area contributed by atoms with Crippen LogP contribution in [0.2, 0.25) is 0 Å². The van der Waals surface area contributed by atoms with Crippen molar-refractivity contribution in [3.8, 4) is 50.9 Å². The van der Waals surface area contributed by atoms with Gasteiger partial charge in [-0.3, -0.25) is 4.57 Å². The molecule has 0 aliphatic heterocycles. The summed E-state index contributed by atoms with van der Waals surface area (Å²) in [6, 6.07) is 64.8. The summed E-state index contributed by atoms with van der Waals surface area (Å²) < 4.78 is 13.4. The number of benzene rings is 7. The molecule has 3 aromatic heterocycles. The van der Waals surface area contributed by atoms with Gasteiger partial charge in [-0.05, 0) is 132 Å². The van der Waals surface area contributed by atoms with Crippen LogP contribution in [-0.2, 0) is 37.3 Å². The van der Waals surface area contributed by atoms with Gasteiger partial charge in [-0.2, -0.15) is 18.2 Å². The Morgan fingerprint density at radius 1 is 0.463 bits per heavy atom. The molecule has 0 N–H and O–H groups in total. The summed E-state index contributed by atoms with van der Waals surface area (Å²) in [5.41, 5.74) is 14.9. The molecule has 428 valence electrons. The number of aromatic nitrogens is 4. The molecule has 0 unspecified atom stereocenters. The van der Waals surface area contributed by atoms with E-state index in [4.69, 9.17) is 9.72 Å². The van der Waals surface area contributed by atoms with Gasteiger partial charge in [0.2, 0.25) is 0 Å². The third-order valence-electron chi connectivity index (χ3n) is 15.9. The molecule has 10 aromatic rings. The number of nitrogens with zero attached hydrogens (tertiary/aromatic N) is 4. The van der Waals surface area contributed by atoms with Crippen molar-refractivity contribution in [2.24, 2.45) is 21.7 Å². The molecule has 0 bridgehead atoms. The summed E-state index contributed by atoms with van der Waals surface area (Å²) in [4.78, 5) is 4.91. The zero-order valence-electron chi connectivity index (χ0n) is 51.9. The first-order valence-electron chi connectivity index (χ1n) is 29.4. The molecule has 0 aliphatic rings. The Morgan fingerprint density at radius 3 is 1.54 bits per heavy atom. The molecule has 0 saturated carbocycles. The Hall–Kier alpha value is -6.55. The number of hydrogen-bond donors (Lipinski definition) is 0. The molecule has 0 aliphatic carbocycles. The van der Waals surface area contributed by atoms with E-state index in [1.54, 1.807) is 0 Å². The van der Waals surface area contributed by atoms with Crippen molar-refractivity contribution in [1.82, 2.24) is 14.1 Å².